The van der Waals surface area contributed by atoms with E-state index in [9.17, 15) is 9.59 Å². The van der Waals surface area contributed by atoms with E-state index in [1.165, 1.54) is 6.08 Å². The summed E-state index contributed by atoms with van der Waals surface area (Å²) >= 11 is 6.03. The fraction of sp³-hybridized carbons (Fsp3) is 0.529. The van der Waals surface area contributed by atoms with Gasteiger partial charge >= 0.3 is 0 Å². The Morgan fingerprint density at radius 2 is 1.88 bits per heavy atom. The molecule has 0 bridgehead atoms. The van der Waals surface area contributed by atoms with Gasteiger partial charge in [-0.2, -0.15) is 0 Å². The van der Waals surface area contributed by atoms with Crippen molar-refractivity contribution >= 4 is 40.3 Å². The molecule has 25 heavy (non-hydrogen) atoms. The molecule has 1 aliphatic rings. The maximum absolute atomic E-state index is 12.8. The number of ketones is 1. The van der Waals surface area contributed by atoms with Crippen molar-refractivity contribution in [3.05, 3.63) is 22.0 Å². The van der Waals surface area contributed by atoms with E-state index in [0.29, 0.717) is 24.5 Å². The highest BCUT2D eigenvalue weighted by Gasteiger charge is 2.30. The van der Waals surface area contributed by atoms with Crippen LogP contribution in [0.1, 0.15) is 34.6 Å². The van der Waals surface area contributed by atoms with Crippen LogP contribution in [-0.4, -0.2) is 38.0 Å². The number of hydrogen-bond acceptors (Lipinski definition) is 5. The minimum absolute atomic E-state index is 0.0838. The highest BCUT2D eigenvalue weighted by molar-refractivity contribution is 6.63. The smallest absolute Gasteiger partial charge is 0.294 e. The molecule has 2 rings (SSSR count). The zero-order chi connectivity index (χ0) is 18.9. The minimum atomic E-state index is -1.06. The summed E-state index contributed by atoms with van der Waals surface area (Å²) in [4.78, 5) is 29.1. The lowest BCUT2D eigenvalue weighted by Crippen LogP contribution is -2.35. The van der Waals surface area contributed by atoms with Crippen molar-refractivity contribution < 1.29 is 4.79 Å². The van der Waals surface area contributed by atoms with E-state index in [0.717, 1.165) is 0 Å². The SMILES string of the molecule is CCn1c(NC(C)C)c(N=C2C=C(C)C(=O)C(Cl)C2=N)c(=O)n1CC. The van der Waals surface area contributed by atoms with Crippen LogP contribution in [0.3, 0.4) is 0 Å². The number of halogens is 1. The molecule has 1 aromatic rings. The number of nitrogens with one attached hydrogen (secondary N) is 2. The predicted molar refractivity (Wildman–Crippen MR) is 102 cm³/mol. The van der Waals surface area contributed by atoms with Crippen LogP contribution in [0.15, 0.2) is 21.4 Å². The lowest BCUT2D eigenvalue weighted by Gasteiger charge is -2.17. The predicted octanol–water partition coefficient (Wildman–Crippen LogP) is 2.74. The summed E-state index contributed by atoms with van der Waals surface area (Å²) in [5, 5.41) is 10.3. The Balaban J connectivity index is 2.70. The molecule has 0 saturated heterocycles. The van der Waals surface area contributed by atoms with Crippen molar-refractivity contribution in [2.45, 2.75) is 59.1 Å². The van der Waals surface area contributed by atoms with Crippen LogP contribution in [-0.2, 0) is 17.9 Å². The Bertz CT molecular complexity index is 829. The molecule has 8 heteroatoms. The molecular weight excluding hydrogens is 342 g/mol. The first kappa shape index (κ1) is 19.2. The van der Waals surface area contributed by atoms with Crippen LogP contribution in [0.2, 0.25) is 0 Å². The molecule has 7 nitrogen and oxygen atoms in total. The first-order chi connectivity index (χ1) is 11.7. The van der Waals surface area contributed by atoms with E-state index in [4.69, 9.17) is 17.0 Å². The van der Waals surface area contributed by atoms with Gasteiger partial charge in [0.05, 0.1) is 11.4 Å². The second-order valence-electron chi connectivity index (χ2n) is 6.20. The van der Waals surface area contributed by atoms with Crippen LogP contribution >= 0.6 is 11.6 Å². The van der Waals surface area contributed by atoms with Gasteiger partial charge < -0.3 is 10.7 Å². The topological polar surface area (TPSA) is 92.2 Å². The van der Waals surface area contributed by atoms with Gasteiger partial charge in [-0.05, 0) is 46.3 Å². The molecule has 0 radical (unpaired) electrons. The standard InChI is InChI=1S/C17H24ClN5O2/c1-6-22-16(20-9(3)4)14(17(25)23(22)7-2)21-11-8-10(5)15(24)12(18)13(11)19/h8-9,12,19-20H,6-7H2,1-5H3. The highest BCUT2D eigenvalue weighted by atomic mass is 35.5. The minimum Gasteiger partial charge on any atom is -0.366 e. The van der Waals surface area contributed by atoms with E-state index in [-0.39, 0.29) is 34.5 Å². The van der Waals surface area contributed by atoms with Gasteiger partial charge in [0.2, 0.25) is 0 Å². The number of allylic oxidation sites excluding steroid dienone is 2. The average Bonchev–Trinajstić information content (AvgIpc) is 2.81. The molecule has 0 fully saturated rings. The number of hydrogen-bond donors (Lipinski definition) is 2. The molecule has 0 spiro atoms. The summed E-state index contributed by atoms with van der Waals surface area (Å²) in [5.74, 6) is 0.307. The highest BCUT2D eigenvalue weighted by Crippen LogP contribution is 2.25. The molecule has 0 aliphatic heterocycles. The average molecular weight is 366 g/mol. The molecule has 1 heterocycles. The number of alkyl halides is 1. The van der Waals surface area contributed by atoms with E-state index in [1.54, 1.807) is 11.6 Å². The Kier molecular flexibility index (Phi) is 5.67. The van der Waals surface area contributed by atoms with Gasteiger partial charge in [-0.3, -0.25) is 14.3 Å². The first-order valence-electron chi connectivity index (χ1n) is 8.37. The number of carbonyl (C=O) groups excluding carboxylic acids is 1. The van der Waals surface area contributed by atoms with Crippen molar-refractivity contribution in [1.82, 2.24) is 9.36 Å². The van der Waals surface area contributed by atoms with Crippen LogP contribution in [0.25, 0.3) is 0 Å². The Morgan fingerprint density at radius 3 is 2.40 bits per heavy atom. The van der Waals surface area contributed by atoms with Gasteiger partial charge in [0.25, 0.3) is 5.56 Å². The summed E-state index contributed by atoms with van der Waals surface area (Å²) in [6, 6.07) is 0.106. The fourth-order valence-electron chi connectivity index (χ4n) is 2.76. The summed E-state index contributed by atoms with van der Waals surface area (Å²) in [6.07, 6.45) is 1.52. The van der Waals surface area contributed by atoms with Crippen LogP contribution in [0.4, 0.5) is 11.5 Å². The van der Waals surface area contributed by atoms with Crippen LogP contribution < -0.4 is 10.9 Å². The van der Waals surface area contributed by atoms with Crippen molar-refractivity contribution in [1.29, 1.82) is 5.41 Å². The monoisotopic (exact) mass is 365 g/mol. The van der Waals surface area contributed by atoms with E-state index >= 15 is 0 Å². The number of Topliss-reactive ketones (excluding diaryl/α,β-unsaturated/α-hetero) is 1. The Morgan fingerprint density at radius 1 is 1.28 bits per heavy atom. The zero-order valence-electron chi connectivity index (χ0n) is 15.2. The van der Waals surface area contributed by atoms with E-state index in [1.807, 2.05) is 32.4 Å². The van der Waals surface area contributed by atoms with E-state index in [2.05, 4.69) is 10.3 Å². The lowest BCUT2D eigenvalue weighted by atomic mass is 9.95. The zero-order valence-corrected chi connectivity index (χ0v) is 15.9. The second kappa shape index (κ2) is 7.39. The van der Waals surface area contributed by atoms with Gasteiger partial charge in [-0.25, -0.2) is 9.67 Å². The second-order valence-corrected chi connectivity index (χ2v) is 6.63. The number of aromatic nitrogens is 2. The largest absolute Gasteiger partial charge is 0.366 e. The first-order valence-corrected chi connectivity index (χ1v) is 8.80. The molecule has 1 aliphatic carbocycles. The molecule has 0 saturated carbocycles. The Labute approximate surface area is 151 Å². The summed E-state index contributed by atoms with van der Waals surface area (Å²) in [7, 11) is 0. The summed E-state index contributed by atoms with van der Waals surface area (Å²) in [6.45, 7) is 10.5. The quantitative estimate of drug-likeness (QED) is 0.786. The summed E-state index contributed by atoms with van der Waals surface area (Å²) < 4.78 is 3.45. The third kappa shape index (κ3) is 3.46. The van der Waals surface area contributed by atoms with Gasteiger partial charge in [0, 0.05) is 19.1 Å². The molecule has 1 unspecified atom stereocenters. The number of nitrogens with zero attached hydrogens (tertiary/aromatic N) is 3. The van der Waals surface area contributed by atoms with Crippen LogP contribution in [0, 0.1) is 5.41 Å². The molecule has 0 aromatic carbocycles. The Hall–Kier alpha value is -2.15. The molecular formula is C17H24ClN5O2. The fourth-order valence-corrected chi connectivity index (χ4v) is 3.05. The van der Waals surface area contributed by atoms with Gasteiger partial charge in [0.1, 0.15) is 5.38 Å². The molecule has 2 N–H and O–H groups in total. The van der Waals surface area contributed by atoms with Crippen molar-refractivity contribution in [3.63, 3.8) is 0 Å². The van der Waals surface area contributed by atoms with Crippen molar-refractivity contribution in [2.24, 2.45) is 4.99 Å². The summed E-state index contributed by atoms with van der Waals surface area (Å²) in [5.41, 5.74) is 0.595. The maximum Gasteiger partial charge on any atom is 0.294 e. The van der Waals surface area contributed by atoms with Gasteiger partial charge in [0.15, 0.2) is 17.3 Å². The van der Waals surface area contributed by atoms with E-state index < -0.39 is 5.38 Å². The molecule has 1 aromatic heterocycles. The number of anilines is 1. The lowest BCUT2D eigenvalue weighted by molar-refractivity contribution is -0.114. The van der Waals surface area contributed by atoms with Crippen molar-refractivity contribution in [3.8, 4) is 0 Å². The molecule has 1 atom stereocenters. The maximum atomic E-state index is 12.8. The number of carbonyl (C=O) groups is 1. The van der Waals surface area contributed by atoms with Crippen LogP contribution in [0.5, 0.6) is 0 Å². The van der Waals surface area contributed by atoms with Crippen molar-refractivity contribution in [2.75, 3.05) is 5.32 Å². The third-order valence-corrected chi connectivity index (χ3v) is 4.39. The number of aliphatic imine (C=N–C) groups is 1. The molecule has 0 amide bonds. The van der Waals surface area contributed by atoms with Gasteiger partial charge in [-0.15, -0.1) is 11.6 Å². The van der Waals surface area contributed by atoms with Gasteiger partial charge in [-0.1, -0.05) is 0 Å². The molecule has 136 valence electrons. The number of rotatable bonds is 5. The normalized spacial score (nSPS) is 19.7. The third-order valence-electron chi connectivity index (χ3n) is 3.97.